The Balaban J connectivity index is 1.57. The Labute approximate surface area is 139 Å². The summed E-state index contributed by atoms with van der Waals surface area (Å²) in [5, 5.41) is 10.3. The number of amides is 2. The van der Waals surface area contributed by atoms with Crippen LogP contribution in [0.4, 0.5) is 5.82 Å². The number of nitrogens with one attached hydrogen (secondary N) is 1. The minimum absolute atomic E-state index is 0.0859. The Kier molecular flexibility index (Phi) is 4.37. The van der Waals surface area contributed by atoms with E-state index in [1.807, 2.05) is 0 Å². The summed E-state index contributed by atoms with van der Waals surface area (Å²) >= 11 is 0. The van der Waals surface area contributed by atoms with Crippen LogP contribution in [0.5, 0.6) is 0 Å². The highest BCUT2D eigenvalue weighted by Crippen LogP contribution is 2.23. The minimum Gasteiger partial charge on any atom is -0.361 e. The molecular weight excluding hydrogens is 312 g/mol. The lowest BCUT2D eigenvalue weighted by Gasteiger charge is -2.31. The third-order valence-electron chi connectivity index (χ3n) is 4.28. The third-order valence-corrected chi connectivity index (χ3v) is 4.28. The van der Waals surface area contributed by atoms with Gasteiger partial charge in [0.1, 0.15) is 17.1 Å². The second kappa shape index (κ2) is 6.46. The van der Waals surface area contributed by atoms with Gasteiger partial charge in [0.2, 0.25) is 5.91 Å². The van der Waals surface area contributed by atoms with Crippen LogP contribution < -0.4 is 5.32 Å². The molecule has 8 heteroatoms. The van der Waals surface area contributed by atoms with Gasteiger partial charge in [-0.2, -0.15) is 0 Å². The van der Waals surface area contributed by atoms with Crippen molar-refractivity contribution >= 4 is 17.6 Å². The number of rotatable bonds is 3. The van der Waals surface area contributed by atoms with Gasteiger partial charge in [-0.25, -0.2) is 0 Å². The van der Waals surface area contributed by atoms with E-state index in [1.54, 1.807) is 31.7 Å². The first-order valence-electron chi connectivity index (χ1n) is 7.92. The maximum Gasteiger partial charge on any atom is 0.259 e. The maximum absolute atomic E-state index is 12.6. The molecule has 24 heavy (non-hydrogen) atoms. The normalized spacial score (nSPS) is 15.5. The molecular formula is C16H20N4O4. The van der Waals surface area contributed by atoms with E-state index >= 15 is 0 Å². The van der Waals surface area contributed by atoms with Gasteiger partial charge in [-0.1, -0.05) is 10.3 Å². The summed E-state index contributed by atoms with van der Waals surface area (Å²) in [6, 6.07) is 1.67. The molecule has 3 heterocycles. The Morgan fingerprint density at radius 2 is 1.88 bits per heavy atom. The molecule has 128 valence electrons. The zero-order chi connectivity index (χ0) is 17.3. The van der Waals surface area contributed by atoms with E-state index in [2.05, 4.69) is 15.6 Å². The summed E-state index contributed by atoms with van der Waals surface area (Å²) in [6.45, 7) is 6.30. The number of hydrogen-bond donors (Lipinski definition) is 1. The summed E-state index contributed by atoms with van der Waals surface area (Å²) < 4.78 is 9.99. The molecule has 0 unspecified atom stereocenters. The van der Waals surface area contributed by atoms with Gasteiger partial charge in [0, 0.05) is 25.1 Å². The molecule has 1 N–H and O–H groups in total. The Morgan fingerprint density at radius 1 is 1.17 bits per heavy atom. The fourth-order valence-electron chi connectivity index (χ4n) is 2.94. The quantitative estimate of drug-likeness (QED) is 0.923. The van der Waals surface area contributed by atoms with Crippen LogP contribution in [-0.2, 0) is 4.79 Å². The van der Waals surface area contributed by atoms with E-state index in [0.29, 0.717) is 54.5 Å². The van der Waals surface area contributed by atoms with E-state index < -0.39 is 0 Å². The van der Waals surface area contributed by atoms with Crippen molar-refractivity contribution in [1.29, 1.82) is 0 Å². The van der Waals surface area contributed by atoms with Gasteiger partial charge in [-0.05, 0) is 33.6 Å². The van der Waals surface area contributed by atoms with E-state index in [-0.39, 0.29) is 17.7 Å². The fourth-order valence-corrected chi connectivity index (χ4v) is 2.94. The second-order valence-corrected chi connectivity index (χ2v) is 6.08. The average Bonchev–Trinajstić information content (AvgIpc) is 3.12. The molecule has 1 aliphatic heterocycles. The SMILES string of the molecule is Cc1cc(NC(=O)C2CCN(C(=O)c3c(C)noc3C)CC2)no1. The fraction of sp³-hybridized carbons (Fsp3) is 0.500. The monoisotopic (exact) mass is 332 g/mol. The molecule has 0 atom stereocenters. The molecule has 2 aromatic heterocycles. The molecule has 0 aliphatic carbocycles. The Morgan fingerprint density at radius 3 is 2.42 bits per heavy atom. The standard InChI is InChI=1S/C16H20N4O4/c1-9-8-13(19-23-9)17-15(21)12-4-6-20(7-5-12)16(22)14-10(2)18-24-11(14)3/h8,12H,4-7H2,1-3H3,(H,17,19,21). The zero-order valence-electron chi connectivity index (χ0n) is 14.0. The molecule has 0 saturated carbocycles. The van der Waals surface area contributed by atoms with Crippen molar-refractivity contribution in [2.24, 2.45) is 5.92 Å². The predicted molar refractivity (Wildman–Crippen MR) is 84.5 cm³/mol. The molecule has 1 fully saturated rings. The van der Waals surface area contributed by atoms with Gasteiger partial charge in [0.25, 0.3) is 5.91 Å². The second-order valence-electron chi connectivity index (χ2n) is 6.08. The average molecular weight is 332 g/mol. The molecule has 2 aromatic rings. The van der Waals surface area contributed by atoms with Crippen molar-refractivity contribution in [2.45, 2.75) is 33.6 Å². The highest BCUT2D eigenvalue weighted by molar-refractivity contribution is 5.96. The summed E-state index contributed by atoms with van der Waals surface area (Å²) in [5.41, 5.74) is 1.12. The van der Waals surface area contributed by atoms with Crippen molar-refractivity contribution in [1.82, 2.24) is 15.2 Å². The number of likely N-dealkylation sites (tertiary alicyclic amines) is 1. The van der Waals surface area contributed by atoms with E-state index in [4.69, 9.17) is 9.05 Å². The Bertz CT molecular complexity index is 736. The molecule has 3 rings (SSSR count). The summed E-state index contributed by atoms with van der Waals surface area (Å²) in [4.78, 5) is 26.6. The topological polar surface area (TPSA) is 101 Å². The van der Waals surface area contributed by atoms with Crippen LogP contribution in [0.25, 0.3) is 0 Å². The first kappa shape index (κ1) is 16.2. The molecule has 1 aliphatic rings. The summed E-state index contributed by atoms with van der Waals surface area (Å²) in [6.07, 6.45) is 1.22. The predicted octanol–water partition coefficient (Wildman–Crippen LogP) is 2.08. The molecule has 2 amide bonds. The number of aryl methyl sites for hydroxylation is 3. The van der Waals surface area contributed by atoms with Crippen molar-refractivity contribution < 1.29 is 18.6 Å². The lowest BCUT2D eigenvalue weighted by molar-refractivity contribution is -0.121. The minimum atomic E-state index is -0.143. The van der Waals surface area contributed by atoms with Crippen LogP contribution in [0.3, 0.4) is 0 Å². The highest BCUT2D eigenvalue weighted by atomic mass is 16.5. The van der Waals surface area contributed by atoms with Crippen LogP contribution in [0, 0.1) is 26.7 Å². The van der Waals surface area contributed by atoms with Crippen LogP contribution in [0.15, 0.2) is 15.1 Å². The largest absolute Gasteiger partial charge is 0.361 e. The molecule has 0 bridgehead atoms. The number of anilines is 1. The van der Waals surface area contributed by atoms with Gasteiger partial charge in [0.15, 0.2) is 5.82 Å². The molecule has 0 aromatic carbocycles. The van der Waals surface area contributed by atoms with Crippen LogP contribution in [-0.4, -0.2) is 40.1 Å². The van der Waals surface area contributed by atoms with Crippen molar-refractivity contribution in [3.8, 4) is 0 Å². The van der Waals surface area contributed by atoms with Gasteiger partial charge < -0.3 is 19.3 Å². The van der Waals surface area contributed by atoms with Crippen molar-refractivity contribution in [3.63, 3.8) is 0 Å². The van der Waals surface area contributed by atoms with Gasteiger partial charge in [-0.15, -0.1) is 0 Å². The summed E-state index contributed by atoms with van der Waals surface area (Å²) in [7, 11) is 0. The van der Waals surface area contributed by atoms with Crippen molar-refractivity contribution in [2.75, 3.05) is 18.4 Å². The van der Waals surface area contributed by atoms with E-state index in [0.717, 1.165) is 0 Å². The lowest BCUT2D eigenvalue weighted by Crippen LogP contribution is -2.41. The highest BCUT2D eigenvalue weighted by Gasteiger charge is 2.30. The van der Waals surface area contributed by atoms with Gasteiger partial charge in [-0.3, -0.25) is 9.59 Å². The molecule has 0 radical (unpaired) electrons. The van der Waals surface area contributed by atoms with E-state index in [1.165, 1.54) is 0 Å². The Hall–Kier alpha value is -2.64. The molecule has 8 nitrogen and oxygen atoms in total. The van der Waals surface area contributed by atoms with Gasteiger partial charge >= 0.3 is 0 Å². The first-order chi connectivity index (χ1) is 11.5. The lowest BCUT2D eigenvalue weighted by atomic mass is 9.95. The number of hydrogen-bond acceptors (Lipinski definition) is 6. The van der Waals surface area contributed by atoms with E-state index in [9.17, 15) is 9.59 Å². The van der Waals surface area contributed by atoms with Crippen LogP contribution in [0.1, 0.15) is 40.4 Å². The number of carbonyl (C=O) groups excluding carboxylic acids is 2. The smallest absolute Gasteiger partial charge is 0.259 e. The molecule has 1 saturated heterocycles. The first-order valence-corrected chi connectivity index (χ1v) is 7.92. The van der Waals surface area contributed by atoms with Crippen LogP contribution in [0.2, 0.25) is 0 Å². The maximum atomic E-state index is 12.6. The van der Waals surface area contributed by atoms with Crippen molar-refractivity contribution in [3.05, 3.63) is 28.8 Å². The number of nitrogens with zero attached hydrogens (tertiary/aromatic N) is 3. The number of piperidine rings is 1. The van der Waals surface area contributed by atoms with Gasteiger partial charge in [0.05, 0.1) is 5.69 Å². The van der Waals surface area contributed by atoms with Crippen LogP contribution >= 0.6 is 0 Å². The number of aromatic nitrogens is 2. The zero-order valence-corrected chi connectivity index (χ0v) is 14.0. The number of carbonyl (C=O) groups is 2. The molecule has 0 spiro atoms. The summed E-state index contributed by atoms with van der Waals surface area (Å²) in [5.74, 6) is 1.27. The third kappa shape index (κ3) is 3.17.